The molecule has 0 atom stereocenters. The lowest BCUT2D eigenvalue weighted by Crippen LogP contribution is -1.84. The molecule has 0 bridgehead atoms. The molecule has 0 spiro atoms. The van der Waals surface area contributed by atoms with Gasteiger partial charge in [-0.3, -0.25) is 0 Å². The lowest BCUT2D eigenvalue weighted by Gasteiger charge is -1.94. The third kappa shape index (κ3) is 1.67. The van der Waals surface area contributed by atoms with Crippen LogP contribution in [0.25, 0.3) is 16.9 Å². The average molecular weight is 230 g/mol. The zero-order chi connectivity index (χ0) is 11.8. The number of aromatic nitrogens is 2. The second kappa shape index (κ2) is 3.66. The van der Waals surface area contributed by atoms with Crippen molar-refractivity contribution >= 4 is 5.65 Å². The molecule has 84 valence electrons. The summed E-state index contributed by atoms with van der Waals surface area (Å²) in [5, 5.41) is 0. The van der Waals surface area contributed by atoms with Crippen LogP contribution < -0.4 is 0 Å². The summed E-state index contributed by atoms with van der Waals surface area (Å²) in [6.07, 6.45) is 3.38. The average Bonchev–Trinajstić information content (AvgIpc) is 2.74. The molecule has 3 aromatic rings. The van der Waals surface area contributed by atoms with Gasteiger partial charge in [0.15, 0.2) is 11.5 Å². The highest BCUT2D eigenvalue weighted by Crippen LogP contribution is 2.20. The zero-order valence-corrected chi connectivity index (χ0v) is 8.77. The molecule has 0 aliphatic heterocycles. The Kier molecular flexibility index (Phi) is 2.14. The first-order valence-corrected chi connectivity index (χ1v) is 5.13. The Morgan fingerprint density at radius 1 is 1.06 bits per heavy atom. The summed E-state index contributed by atoms with van der Waals surface area (Å²) < 4.78 is 28.1. The van der Waals surface area contributed by atoms with Crippen LogP contribution in [0.4, 0.5) is 8.78 Å². The second-order valence-corrected chi connectivity index (χ2v) is 3.72. The number of imidazole rings is 1. The van der Waals surface area contributed by atoms with Crippen molar-refractivity contribution in [2.24, 2.45) is 0 Å². The minimum Gasteiger partial charge on any atom is -0.304 e. The summed E-state index contributed by atoms with van der Waals surface area (Å²) in [6, 6.07) is 9.02. The summed E-state index contributed by atoms with van der Waals surface area (Å²) in [7, 11) is 0. The Balaban J connectivity index is 2.22. The predicted molar refractivity (Wildman–Crippen MR) is 60.5 cm³/mol. The number of fused-ring (bicyclic) bond motifs is 1. The van der Waals surface area contributed by atoms with Gasteiger partial charge >= 0.3 is 0 Å². The van der Waals surface area contributed by atoms with Crippen LogP contribution in [0.1, 0.15) is 0 Å². The first-order valence-electron chi connectivity index (χ1n) is 5.13. The summed E-state index contributed by atoms with van der Waals surface area (Å²) in [5.74, 6) is -0.727. The van der Waals surface area contributed by atoms with E-state index in [4.69, 9.17) is 0 Å². The monoisotopic (exact) mass is 230 g/mol. The molecule has 0 unspecified atom stereocenters. The lowest BCUT2D eigenvalue weighted by molar-refractivity contribution is 0.628. The van der Waals surface area contributed by atoms with Crippen molar-refractivity contribution in [2.75, 3.05) is 0 Å². The third-order valence-corrected chi connectivity index (χ3v) is 2.56. The normalized spacial score (nSPS) is 10.9. The van der Waals surface area contributed by atoms with Crippen molar-refractivity contribution < 1.29 is 8.78 Å². The molecule has 0 aliphatic rings. The smallest absolute Gasteiger partial charge is 0.173 e. The molecular weight excluding hydrogens is 222 g/mol. The van der Waals surface area contributed by atoms with Crippen molar-refractivity contribution in [3.8, 4) is 11.3 Å². The van der Waals surface area contributed by atoms with Crippen molar-refractivity contribution in [3.05, 3.63) is 60.4 Å². The Hall–Kier alpha value is -2.23. The highest BCUT2D eigenvalue weighted by Gasteiger charge is 2.07. The number of nitrogens with zero attached hydrogens (tertiary/aromatic N) is 2. The van der Waals surface area contributed by atoms with E-state index in [1.165, 1.54) is 18.2 Å². The Bertz CT molecular complexity index is 689. The molecule has 4 heteroatoms. The van der Waals surface area contributed by atoms with Gasteiger partial charge in [-0.05, 0) is 24.3 Å². The van der Waals surface area contributed by atoms with Crippen LogP contribution in [0.15, 0.2) is 48.8 Å². The zero-order valence-electron chi connectivity index (χ0n) is 8.77. The van der Waals surface area contributed by atoms with Gasteiger partial charge in [0.05, 0.1) is 5.69 Å². The Morgan fingerprint density at radius 2 is 1.94 bits per heavy atom. The van der Waals surface area contributed by atoms with Crippen LogP contribution in [0.5, 0.6) is 0 Å². The molecule has 2 aromatic heterocycles. The van der Waals surface area contributed by atoms with E-state index < -0.39 is 5.82 Å². The molecule has 2 heterocycles. The maximum Gasteiger partial charge on any atom is 0.173 e. The fraction of sp³-hybridized carbons (Fsp3) is 0. The van der Waals surface area contributed by atoms with Crippen LogP contribution in [0.3, 0.4) is 0 Å². The first-order chi connectivity index (χ1) is 8.24. The number of benzene rings is 1. The number of hydrogen-bond acceptors (Lipinski definition) is 1. The minimum absolute atomic E-state index is 0.242. The van der Waals surface area contributed by atoms with Gasteiger partial charge < -0.3 is 4.40 Å². The van der Waals surface area contributed by atoms with E-state index in [-0.39, 0.29) is 11.5 Å². The highest BCUT2D eigenvalue weighted by molar-refractivity contribution is 5.62. The molecule has 0 N–H and O–H groups in total. The third-order valence-electron chi connectivity index (χ3n) is 2.56. The van der Waals surface area contributed by atoms with E-state index in [1.54, 1.807) is 35.0 Å². The summed E-state index contributed by atoms with van der Waals surface area (Å²) in [4.78, 5) is 4.14. The van der Waals surface area contributed by atoms with Crippen molar-refractivity contribution in [1.29, 1.82) is 0 Å². The number of pyridine rings is 1. The van der Waals surface area contributed by atoms with Gasteiger partial charge in [0.1, 0.15) is 5.82 Å². The molecular formula is C13H8F2N2. The van der Waals surface area contributed by atoms with Gasteiger partial charge in [-0.1, -0.05) is 12.1 Å². The van der Waals surface area contributed by atoms with Crippen LogP contribution in [-0.4, -0.2) is 9.38 Å². The highest BCUT2D eigenvalue weighted by atomic mass is 19.1. The Morgan fingerprint density at radius 3 is 2.71 bits per heavy atom. The van der Waals surface area contributed by atoms with Crippen molar-refractivity contribution in [3.63, 3.8) is 0 Å². The van der Waals surface area contributed by atoms with E-state index in [0.29, 0.717) is 11.3 Å². The Labute approximate surface area is 96.2 Å². The number of halogens is 2. The molecule has 3 rings (SSSR count). The number of hydrogen-bond donors (Lipinski definition) is 0. The van der Waals surface area contributed by atoms with Gasteiger partial charge in [0.25, 0.3) is 0 Å². The van der Waals surface area contributed by atoms with E-state index >= 15 is 0 Å². The van der Waals surface area contributed by atoms with Gasteiger partial charge in [-0.15, -0.1) is 0 Å². The summed E-state index contributed by atoms with van der Waals surface area (Å²) >= 11 is 0. The molecule has 0 fully saturated rings. The molecule has 17 heavy (non-hydrogen) atoms. The minimum atomic E-state index is -0.393. The molecule has 1 aromatic carbocycles. The predicted octanol–water partition coefficient (Wildman–Crippen LogP) is 3.28. The van der Waals surface area contributed by atoms with E-state index in [0.717, 1.165) is 0 Å². The summed E-state index contributed by atoms with van der Waals surface area (Å²) in [6.45, 7) is 0. The quantitative estimate of drug-likeness (QED) is 0.627. The summed E-state index contributed by atoms with van der Waals surface area (Å²) in [5.41, 5.74) is 1.43. The van der Waals surface area contributed by atoms with E-state index in [9.17, 15) is 8.78 Å². The fourth-order valence-corrected chi connectivity index (χ4v) is 1.77. The second-order valence-electron chi connectivity index (χ2n) is 3.72. The standard InChI is InChI=1S/C13H8F2N2/c14-10-4-1-3-9(7-10)12-8-17-6-2-5-11(15)13(17)16-12/h1-8H. The molecule has 0 saturated heterocycles. The molecule has 0 amide bonds. The number of rotatable bonds is 1. The fourth-order valence-electron chi connectivity index (χ4n) is 1.77. The molecule has 2 nitrogen and oxygen atoms in total. The van der Waals surface area contributed by atoms with Crippen molar-refractivity contribution in [2.45, 2.75) is 0 Å². The molecule has 0 saturated carbocycles. The topological polar surface area (TPSA) is 17.3 Å². The molecule has 0 aliphatic carbocycles. The van der Waals surface area contributed by atoms with Gasteiger partial charge in [0.2, 0.25) is 0 Å². The van der Waals surface area contributed by atoms with E-state index in [2.05, 4.69) is 4.98 Å². The van der Waals surface area contributed by atoms with Gasteiger partial charge in [-0.2, -0.15) is 0 Å². The van der Waals surface area contributed by atoms with Crippen LogP contribution >= 0.6 is 0 Å². The maximum atomic E-state index is 13.4. The lowest BCUT2D eigenvalue weighted by atomic mass is 10.2. The van der Waals surface area contributed by atoms with Crippen LogP contribution in [-0.2, 0) is 0 Å². The van der Waals surface area contributed by atoms with Crippen LogP contribution in [0.2, 0.25) is 0 Å². The van der Waals surface area contributed by atoms with Crippen LogP contribution in [0, 0.1) is 11.6 Å². The van der Waals surface area contributed by atoms with Gasteiger partial charge in [-0.25, -0.2) is 13.8 Å². The van der Waals surface area contributed by atoms with Gasteiger partial charge in [0, 0.05) is 18.0 Å². The maximum absolute atomic E-state index is 13.4. The molecule has 0 radical (unpaired) electrons. The van der Waals surface area contributed by atoms with Crippen molar-refractivity contribution in [1.82, 2.24) is 9.38 Å². The largest absolute Gasteiger partial charge is 0.304 e. The first kappa shape index (κ1) is 9.96. The SMILES string of the molecule is Fc1cccc(-c2cn3cccc(F)c3n2)c1. The van der Waals surface area contributed by atoms with E-state index in [1.807, 2.05) is 0 Å².